The molecule has 0 aliphatic carbocycles. The van der Waals surface area contributed by atoms with Crippen molar-refractivity contribution < 1.29 is 22.4 Å². The molecule has 0 heterocycles. The number of carbonyl (C=O) groups excluding carboxylic acids is 1. The van der Waals surface area contributed by atoms with Crippen LogP contribution in [0.4, 0.5) is 22.4 Å². The summed E-state index contributed by atoms with van der Waals surface area (Å²) >= 11 is 0. The lowest BCUT2D eigenvalue weighted by Crippen LogP contribution is -2.42. The zero-order valence-corrected chi connectivity index (χ0v) is 10.9. The number of hydrogen-bond donors (Lipinski definition) is 2. The van der Waals surface area contributed by atoms with Crippen LogP contribution in [0.2, 0.25) is 0 Å². The zero-order valence-electron chi connectivity index (χ0n) is 10.9. The van der Waals surface area contributed by atoms with E-state index >= 15 is 0 Å². The maximum Gasteiger partial charge on any atom is 0.390 e. The zero-order chi connectivity index (χ0) is 15.2. The van der Waals surface area contributed by atoms with E-state index in [2.05, 4.69) is 10.6 Å². The first-order valence-electron chi connectivity index (χ1n) is 6.12. The summed E-state index contributed by atoms with van der Waals surface area (Å²) in [6, 6.07) is 5.05. The standard InChI is InChI=1S/C13H16F4N2O/c1-9(8-10-4-2-3-5-11(10)14)19-12(20)18-7-6-13(15,16)17/h2-5,9H,6-8H2,1H3,(H2,18,19,20)/t9-/m1/s1. The van der Waals surface area contributed by atoms with Crippen LogP contribution in [0.5, 0.6) is 0 Å². The summed E-state index contributed by atoms with van der Waals surface area (Å²) in [5.74, 6) is -0.376. The normalized spacial score (nSPS) is 12.8. The van der Waals surface area contributed by atoms with E-state index in [0.29, 0.717) is 5.56 Å². The van der Waals surface area contributed by atoms with Gasteiger partial charge in [-0.3, -0.25) is 0 Å². The third-order valence-corrected chi connectivity index (χ3v) is 2.56. The van der Waals surface area contributed by atoms with Gasteiger partial charge in [-0.2, -0.15) is 13.2 Å². The SMILES string of the molecule is C[C@H](Cc1ccccc1F)NC(=O)NCCC(F)(F)F. The van der Waals surface area contributed by atoms with Crippen LogP contribution in [0.3, 0.4) is 0 Å². The summed E-state index contributed by atoms with van der Waals surface area (Å²) in [6.45, 7) is 1.16. The van der Waals surface area contributed by atoms with Crippen LogP contribution >= 0.6 is 0 Å². The van der Waals surface area contributed by atoms with Gasteiger partial charge in [0.1, 0.15) is 5.82 Å². The van der Waals surface area contributed by atoms with Crippen molar-refractivity contribution in [2.45, 2.75) is 32.0 Å². The van der Waals surface area contributed by atoms with Gasteiger partial charge < -0.3 is 10.6 Å². The fourth-order valence-corrected chi connectivity index (χ4v) is 1.64. The second-order valence-electron chi connectivity index (χ2n) is 4.46. The summed E-state index contributed by atoms with van der Waals surface area (Å²) in [6.07, 6.45) is -5.12. The highest BCUT2D eigenvalue weighted by Crippen LogP contribution is 2.18. The first-order valence-corrected chi connectivity index (χ1v) is 6.12. The molecular weight excluding hydrogens is 276 g/mol. The lowest BCUT2D eigenvalue weighted by atomic mass is 10.1. The molecule has 2 N–H and O–H groups in total. The van der Waals surface area contributed by atoms with Crippen molar-refractivity contribution in [2.24, 2.45) is 0 Å². The van der Waals surface area contributed by atoms with Crippen molar-refractivity contribution in [3.63, 3.8) is 0 Å². The van der Waals surface area contributed by atoms with Gasteiger partial charge in [0.05, 0.1) is 6.42 Å². The molecule has 0 fully saturated rings. The number of alkyl halides is 3. The van der Waals surface area contributed by atoms with E-state index in [1.54, 1.807) is 25.1 Å². The molecule has 2 amide bonds. The minimum Gasteiger partial charge on any atom is -0.338 e. The van der Waals surface area contributed by atoms with Gasteiger partial charge >= 0.3 is 12.2 Å². The Labute approximate surface area is 114 Å². The van der Waals surface area contributed by atoms with Crippen molar-refractivity contribution in [3.8, 4) is 0 Å². The number of benzene rings is 1. The highest BCUT2D eigenvalue weighted by atomic mass is 19.4. The second-order valence-corrected chi connectivity index (χ2v) is 4.46. The molecule has 0 saturated carbocycles. The minimum atomic E-state index is -4.30. The van der Waals surface area contributed by atoms with E-state index in [4.69, 9.17) is 0 Å². The maximum atomic E-state index is 13.4. The molecule has 3 nitrogen and oxygen atoms in total. The van der Waals surface area contributed by atoms with Crippen molar-refractivity contribution in [2.75, 3.05) is 6.54 Å². The number of urea groups is 1. The Balaban J connectivity index is 2.33. The molecule has 0 aliphatic rings. The van der Waals surface area contributed by atoms with Crippen LogP contribution in [0.15, 0.2) is 24.3 Å². The van der Waals surface area contributed by atoms with Gasteiger partial charge in [0.2, 0.25) is 0 Å². The van der Waals surface area contributed by atoms with Gasteiger partial charge in [0, 0.05) is 12.6 Å². The highest BCUT2D eigenvalue weighted by Gasteiger charge is 2.26. The Morgan fingerprint density at radius 2 is 1.95 bits per heavy atom. The molecule has 0 radical (unpaired) electrons. The average Bonchev–Trinajstić information content (AvgIpc) is 2.30. The largest absolute Gasteiger partial charge is 0.390 e. The first kappa shape index (κ1) is 16.3. The predicted molar refractivity (Wildman–Crippen MR) is 66.8 cm³/mol. The van der Waals surface area contributed by atoms with Crippen LogP contribution in [0.25, 0.3) is 0 Å². The van der Waals surface area contributed by atoms with E-state index in [9.17, 15) is 22.4 Å². The molecule has 0 saturated heterocycles. The molecule has 0 aliphatic heterocycles. The fourth-order valence-electron chi connectivity index (χ4n) is 1.64. The van der Waals surface area contributed by atoms with Crippen LogP contribution in [-0.4, -0.2) is 24.8 Å². The molecule has 0 spiro atoms. The fraction of sp³-hybridized carbons (Fsp3) is 0.462. The lowest BCUT2D eigenvalue weighted by Gasteiger charge is -2.15. The third-order valence-electron chi connectivity index (χ3n) is 2.56. The minimum absolute atomic E-state index is 0.263. The molecule has 0 aromatic heterocycles. The Morgan fingerprint density at radius 3 is 2.55 bits per heavy atom. The Hall–Kier alpha value is -1.79. The van der Waals surface area contributed by atoms with Gasteiger partial charge in [0.25, 0.3) is 0 Å². The quantitative estimate of drug-likeness (QED) is 0.805. The van der Waals surface area contributed by atoms with E-state index in [1.165, 1.54) is 6.07 Å². The Morgan fingerprint density at radius 1 is 1.30 bits per heavy atom. The van der Waals surface area contributed by atoms with Crippen molar-refractivity contribution in [3.05, 3.63) is 35.6 Å². The molecule has 1 atom stereocenters. The van der Waals surface area contributed by atoms with Crippen LogP contribution in [-0.2, 0) is 6.42 Å². The first-order chi connectivity index (χ1) is 9.28. The van der Waals surface area contributed by atoms with Gasteiger partial charge in [-0.25, -0.2) is 9.18 Å². The summed E-state index contributed by atoms with van der Waals surface area (Å²) in [5, 5.41) is 4.56. The molecule has 0 unspecified atom stereocenters. The molecule has 112 valence electrons. The van der Waals surface area contributed by atoms with Crippen molar-refractivity contribution >= 4 is 6.03 Å². The maximum absolute atomic E-state index is 13.4. The van der Waals surface area contributed by atoms with Gasteiger partial charge in [0.15, 0.2) is 0 Å². The molecular formula is C13H16F4N2O. The smallest absolute Gasteiger partial charge is 0.338 e. The monoisotopic (exact) mass is 292 g/mol. The molecule has 1 rings (SSSR count). The van der Waals surface area contributed by atoms with Gasteiger partial charge in [-0.05, 0) is 25.0 Å². The summed E-state index contributed by atoms with van der Waals surface area (Å²) < 4.78 is 49.0. The van der Waals surface area contributed by atoms with E-state index in [0.717, 1.165) is 0 Å². The molecule has 1 aromatic rings. The molecule has 20 heavy (non-hydrogen) atoms. The van der Waals surface area contributed by atoms with E-state index < -0.39 is 31.2 Å². The van der Waals surface area contributed by atoms with Crippen molar-refractivity contribution in [1.29, 1.82) is 0 Å². The highest BCUT2D eigenvalue weighted by molar-refractivity contribution is 5.74. The van der Waals surface area contributed by atoms with Crippen molar-refractivity contribution in [1.82, 2.24) is 10.6 Å². The molecule has 0 bridgehead atoms. The Kier molecular flexibility index (Phi) is 5.79. The van der Waals surface area contributed by atoms with Gasteiger partial charge in [-0.15, -0.1) is 0 Å². The lowest BCUT2D eigenvalue weighted by molar-refractivity contribution is -0.132. The number of carbonyl (C=O) groups is 1. The van der Waals surface area contributed by atoms with Crippen LogP contribution in [0.1, 0.15) is 18.9 Å². The van der Waals surface area contributed by atoms with E-state index in [1.807, 2.05) is 0 Å². The Bertz CT molecular complexity index is 448. The van der Waals surface area contributed by atoms with Crippen LogP contribution in [0, 0.1) is 5.82 Å². The number of hydrogen-bond acceptors (Lipinski definition) is 1. The molecule has 7 heteroatoms. The third kappa shape index (κ3) is 6.40. The molecule has 1 aromatic carbocycles. The van der Waals surface area contributed by atoms with E-state index in [-0.39, 0.29) is 12.2 Å². The van der Waals surface area contributed by atoms with Gasteiger partial charge in [-0.1, -0.05) is 18.2 Å². The second kappa shape index (κ2) is 7.12. The topological polar surface area (TPSA) is 41.1 Å². The predicted octanol–water partition coefficient (Wildman–Crippen LogP) is 3.01. The number of amides is 2. The summed E-state index contributed by atoms with van der Waals surface area (Å²) in [4.78, 5) is 11.3. The summed E-state index contributed by atoms with van der Waals surface area (Å²) in [7, 11) is 0. The van der Waals surface area contributed by atoms with Crippen LogP contribution < -0.4 is 10.6 Å². The number of nitrogens with one attached hydrogen (secondary N) is 2. The number of rotatable bonds is 5. The average molecular weight is 292 g/mol. The summed E-state index contributed by atoms with van der Waals surface area (Å²) in [5.41, 5.74) is 0.440. The number of halogens is 4.